The number of aromatic amines is 1. The molecule has 28 heavy (non-hydrogen) atoms. The maximum absolute atomic E-state index is 13.3. The molecule has 0 aliphatic rings. The summed E-state index contributed by atoms with van der Waals surface area (Å²) in [6.07, 6.45) is -1.28. The molecule has 0 radical (unpaired) electrons. The highest BCUT2D eigenvalue weighted by Crippen LogP contribution is 2.34. The lowest BCUT2D eigenvalue weighted by Gasteiger charge is -2.17. The van der Waals surface area contributed by atoms with Crippen LogP contribution in [0.5, 0.6) is 5.75 Å². The third kappa shape index (κ3) is 4.09. The molecule has 0 aliphatic carbocycles. The first kappa shape index (κ1) is 19.7. The standard InChI is InChI=1S/C19H18F3N3O3/c1-2-12-4-3-5-16(19(20,21)22)15(12)11-28-14-6-7-17(23-8-14)25-9-13(10-26)24-18(25)27/h3-9,26H,2,10-11H2,1H3,(H,24,27). The minimum absolute atomic E-state index is 0.0935. The van der Waals surface area contributed by atoms with Gasteiger partial charge in [-0.3, -0.25) is 4.57 Å². The van der Waals surface area contributed by atoms with Crippen molar-refractivity contribution < 1.29 is 23.0 Å². The predicted octanol–water partition coefficient (Wildman–Crippen LogP) is 3.21. The molecule has 0 atom stereocenters. The van der Waals surface area contributed by atoms with Gasteiger partial charge >= 0.3 is 11.9 Å². The Kier molecular flexibility index (Phi) is 5.55. The van der Waals surface area contributed by atoms with E-state index in [1.54, 1.807) is 13.0 Å². The molecule has 0 saturated carbocycles. The summed E-state index contributed by atoms with van der Waals surface area (Å²) >= 11 is 0. The van der Waals surface area contributed by atoms with Gasteiger partial charge in [0.1, 0.15) is 18.2 Å². The number of halogens is 3. The Morgan fingerprint density at radius 3 is 2.61 bits per heavy atom. The molecule has 0 fully saturated rings. The fraction of sp³-hybridized carbons (Fsp3) is 0.263. The quantitative estimate of drug-likeness (QED) is 0.674. The average Bonchev–Trinajstić information content (AvgIpc) is 3.06. The number of benzene rings is 1. The summed E-state index contributed by atoms with van der Waals surface area (Å²) < 4.78 is 46.6. The first-order chi connectivity index (χ1) is 13.3. The number of aryl methyl sites for hydroxylation is 1. The summed E-state index contributed by atoms with van der Waals surface area (Å²) in [6, 6.07) is 7.09. The molecule has 0 spiro atoms. The van der Waals surface area contributed by atoms with E-state index < -0.39 is 17.4 Å². The Morgan fingerprint density at radius 1 is 1.25 bits per heavy atom. The second-order valence-corrected chi connectivity index (χ2v) is 6.05. The summed E-state index contributed by atoms with van der Waals surface area (Å²) in [5.74, 6) is 0.562. The van der Waals surface area contributed by atoms with E-state index >= 15 is 0 Å². The number of imidazole rings is 1. The van der Waals surface area contributed by atoms with Gasteiger partial charge in [-0.25, -0.2) is 9.78 Å². The van der Waals surface area contributed by atoms with Crippen LogP contribution in [0.15, 0.2) is 47.5 Å². The molecule has 148 valence electrons. The first-order valence-electron chi connectivity index (χ1n) is 8.52. The molecule has 2 N–H and O–H groups in total. The maximum Gasteiger partial charge on any atom is 0.416 e. The van der Waals surface area contributed by atoms with Gasteiger partial charge < -0.3 is 14.8 Å². The number of alkyl halides is 3. The van der Waals surface area contributed by atoms with E-state index in [0.717, 1.165) is 6.07 Å². The van der Waals surface area contributed by atoms with E-state index in [2.05, 4.69) is 9.97 Å². The third-order valence-corrected chi connectivity index (χ3v) is 4.25. The third-order valence-electron chi connectivity index (χ3n) is 4.25. The number of pyridine rings is 1. The molecule has 0 aliphatic heterocycles. The average molecular weight is 393 g/mol. The lowest BCUT2D eigenvalue weighted by molar-refractivity contribution is -0.138. The second kappa shape index (κ2) is 7.89. The smallest absolute Gasteiger partial charge is 0.416 e. The number of rotatable bonds is 6. The van der Waals surface area contributed by atoms with E-state index in [0.29, 0.717) is 23.5 Å². The van der Waals surface area contributed by atoms with Crippen molar-refractivity contribution in [1.29, 1.82) is 0 Å². The van der Waals surface area contributed by atoms with Crippen LogP contribution in [0.1, 0.15) is 29.3 Å². The van der Waals surface area contributed by atoms with Gasteiger partial charge in [0.25, 0.3) is 0 Å². The summed E-state index contributed by atoms with van der Waals surface area (Å²) in [4.78, 5) is 18.4. The molecule has 6 nitrogen and oxygen atoms in total. The number of ether oxygens (including phenoxy) is 1. The summed E-state index contributed by atoms with van der Waals surface area (Å²) in [5, 5.41) is 9.06. The van der Waals surface area contributed by atoms with E-state index in [1.165, 1.54) is 35.2 Å². The first-order valence-corrected chi connectivity index (χ1v) is 8.52. The summed E-state index contributed by atoms with van der Waals surface area (Å²) in [5.41, 5.74) is -0.183. The number of nitrogens with zero attached hydrogens (tertiary/aromatic N) is 2. The topological polar surface area (TPSA) is 80.1 Å². The van der Waals surface area contributed by atoms with Crippen molar-refractivity contribution in [2.75, 3.05) is 0 Å². The van der Waals surface area contributed by atoms with Gasteiger partial charge in [-0.05, 0) is 30.2 Å². The van der Waals surface area contributed by atoms with Gasteiger partial charge in [0.2, 0.25) is 0 Å². The van der Waals surface area contributed by atoms with Crippen molar-refractivity contribution in [2.45, 2.75) is 32.7 Å². The van der Waals surface area contributed by atoms with Gasteiger partial charge in [0, 0.05) is 11.8 Å². The van der Waals surface area contributed by atoms with Crippen LogP contribution in [-0.2, 0) is 25.8 Å². The number of aliphatic hydroxyl groups is 1. The van der Waals surface area contributed by atoms with Gasteiger partial charge in [0.15, 0.2) is 0 Å². The Morgan fingerprint density at radius 2 is 2.04 bits per heavy atom. The van der Waals surface area contributed by atoms with Crippen LogP contribution in [0.3, 0.4) is 0 Å². The molecule has 2 aromatic heterocycles. The van der Waals surface area contributed by atoms with Crippen LogP contribution < -0.4 is 10.4 Å². The number of aromatic nitrogens is 3. The zero-order valence-corrected chi connectivity index (χ0v) is 15.0. The van der Waals surface area contributed by atoms with Crippen LogP contribution in [0, 0.1) is 0 Å². The zero-order chi connectivity index (χ0) is 20.3. The fourth-order valence-corrected chi connectivity index (χ4v) is 2.85. The van der Waals surface area contributed by atoms with Crippen LogP contribution >= 0.6 is 0 Å². The minimum Gasteiger partial charge on any atom is -0.487 e. The minimum atomic E-state index is -4.47. The Labute approximate surface area is 158 Å². The molecule has 1 aromatic carbocycles. The predicted molar refractivity (Wildman–Crippen MR) is 95.3 cm³/mol. The number of nitrogens with one attached hydrogen (secondary N) is 1. The number of aliphatic hydroxyl groups excluding tert-OH is 1. The monoisotopic (exact) mass is 393 g/mol. The number of hydrogen-bond acceptors (Lipinski definition) is 4. The van der Waals surface area contributed by atoms with E-state index in [4.69, 9.17) is 9.84 Å². The van der Waals surface area contributed by atoms with Gasteiger partial charge in [0.05, 0.1) is 24.1 Å². The number of H-pyrrole nitrogens is 1. The normalized spacial score (nSPS) is 11.6. The molecule has 9 heteroatoms. The molecule has 0 bridgehead atoms. The second-order valence-electron chi connectivity index (χ2n) is 6.05. The van der Waals surface area contributed by atoms with Crippen LogP contribution in [0.4, 0.5) is 13.2 Å². The Hall–Kier alpha value is -3.07. The molecule has 0 amide bonds. The van der Waals surface area contributed by atoms with Crippen molar-refractivity contribution in [3.63, 3.8) is 0 Å². The highest BCUT2D eigenvalue weighted by molar-refractivity contribution is 5.37. The van der Waals surface area contributed by atoms with Crippen LogP contribution in [-0.4, -0.2) is 19.6 Å². The Bertz CT molecular complexity index is 1010. The molecule has 3 aromatic rings. The molecule has 0 unspecified atom stereocenters. The van der Waals surface area contributed by atoms with E-state index in [1.807, 2.05) is 0 Å². The summed E-state index contributed by atoms with van der Waals surface area (Å²) in [7, 11) is 0. The van der Waals surface area contributed by atoms with Crippen molar-refractivity contribution in [3.8, 4) is 11.6 Å². The van der Waals surface area contributed by atoms with Gasteiger partial charge in [-0.15, -0.1) is 0 Å². The van der Waals surface area contributed by atoms with Crippen molar-refractivity contribution in [2.24, 2.45) is 0 Å². The lowest BCUT2D eigenvalue weighted by atomic mass is 9.99. The summed E-state index contributed by atoms with van der Waals surface area (Å²) in [6.45, 7) is 1.21. The molecule has 3 rings (SSSR count). The SMILES string of the molecule is CCc1cccc(C(F)(F)F)c1COc1ccc(-n2cc(CO)[nH]c2=O)nc1. The molecular formula is C19H18F3N3O3. The zero-order valence-electron chi connectivity index (χ0n) is 15.0. The van der Waals surface area contributed by atoms with Gasteiger partial charge in [-0.1, -0.05) is 19.1 Å². The number of hydrogen-bond donors (Lipinski definition) is 2. The maximum atomic E-state index is 13.3. The molecular weight excluding hydrogens is 375 g/mol. The molecule has 2 heterocycles. The Balaban J connectivity index is 1.81. The van der Waals surface area contributed by atoms with E-state index in [-0.39, 0.29) is 24.5 Å². The molecule has 0 saturated heterocycles. The lowest BCUT2D eigenvalue weighted by Crippen LogP contribution is -2.15. The van der Waals surface area contributed by atoms with Gasteiger partial charge in [-0.2, -0.15) is 13.2 Å². The van der Waals surface area contributed by atoms with Crippen molar-refractivity contribution >= 4 is 0 Å². The van der Waals surface area contributed by atoms with Crippen molar-refractivity contribution in [3.05, 3.63) is 75.6 Å². The highest BCUT2D eigenvalue weighted by Gasteiger charge is 2.34. The van der Waals surface area contributed by atoms with Crippen molar-refractivity contribution in [1.82, 2.24) is 14.5 Å². The largest absolute Gasteiger partial charge is 0.487 e. The van der Waals surface area contributed by atoms with Crippen LogP contribution in [0.2, 0.25) is 0 Å². The van der Waals surface area contributed by atoms with E-state index in [9.17, 15) is 18.0 Å². The van der Waals surface area contributed by atoms with Crippen LogP contribution in [0.25, 0.3) is 5.82 Å². The fourth-order valence-electron chi connectivity index (χ4n) is 2.85. The highest BCUT2D eigenvalue weighted by atomic mass is 19.4.